The minimum Gasteiger partial charge on any atom is -0.467 e. The number of hydrogen-bond acceptors (Lipinski definition) is 6. The number of fused-ring (bicyclic) bond motifs is 1. The van der Waals surface area contributed by atoms with E-state index in [0.29, 0.717) is 29.8 Å². The predicted molar refractivity (Wildman–Crippen MR) is 137 cm³/mol. The van der Waals surface area contributed by atoms with Gasteiger partial charge in [-0.15, -0.1) is 5.10 Å². The second-order valence-electron chi connectivity index (χ2n) is 8.54. The smallest absolute Gasteiger partial charge is 0.247 e. The molecule has 0 radical (unpaired) electrons. The van der Waals surface area contributed by atoms with Gasteiger partial charge in [-0.05, 0) is 53.9 Å². The Bertz CT molecular complexity index is 1450. The van der Waals surface area contributed by atoms with E-state index in [1.165, 1.54) is 0 Å². The van der Waals surface area contributed by atoms with Crippen molar-refractivity contribution in [3.8, 4) is 0 Å². The number of nitrogens with one attached hydrogen (secondary N) is 1. The van der Waals surface area contributed by atoms with Crippen molar-refractivity contribution in [2.75, 3.05) is 6.54 Å². The highest BCUT2D eigenvalue weighted by Gasteiger charge is 2.32. The standard InChI is InChI=1S/C28H26N6O3/c35-26(20-34-25-11-5-4-10-24(25)31-32-34)33(17-14-21-7-2-1-3-8-21)27(22-12-15-29-16-13-22)28(36)30-19-23-9-6-18-37-23/h1-13,15-16,18,27H,14,17,19-20H2,(H,30,36)/t27-/m1/s1. The van der Waals surface area contributed by atoms with Crippen molar-refractivity contribution in [3.05, 3.63) is 114 Å². The second-order valence-corrected chi connectivity index (χ2v) is 8.54. The Morgan fingerprint density at radius 3 is 2.51 bits per heavy atom. The van der Waals surface area contributed by atoms with Crippen molar-refractivity contribution in [1.82, 2.24) is 30.2 Å². The van der Waals surface area contributed by atoms with Gasteiger partial charge in [-0.2, -0.15) is 0 Å². The number of carbonyl (C=O) groups excluding carboxylic acids is 2. The van der Waals surface area contributed by atoms with Gasteiger partial charge in [0.1, 0.15) is 23.9 Å². The lowest BCUT2D eigenvalue weighted by Gasteiger charge is -2.31. The quantitative estimate of drug-likeness (QED) is 0.318. The number of nitrogens with zero attached hydrogens (tertiary/aromatic N) is 5. The normalized spacial score (nSPS) is 11.8. The number of benzene rings is 2. The number of carbonyl (C=O) groups is 2. The van der Waals surface area contributed by atoms with Crippen molar-refractivity contribution in [3.63, 3.8) is 0 Å². The fourth-order valence-electron chi connectivity index (χ4n) is 4.25. The fraction of sp³-hybridized carbons (Fsp3) is 0.179. The van der Waals surface area contributed by atoms with E-state index in [-0.39, 0.29) is 24.9 Å². The maximum absolute atomic E-state index is 13.9. The molecule has 9 nitrogen and oxygen atoms in total. The van der Waals surface area contributed by atoms with Crippen LogP contribution in [0.25, 0.3) is 11.0 Å². The van der Waals surface area contributed by atoms with Crippen LogP contribution in [0.3, 0.4) is 0 Å². The van der Waals surface area contributed by atoms with Gasteiger partial charge in [-0.1, -0.05) is 47.7 Å². The summed E-state index contributed by atoms with van der Waals surface area (Å²) in [6.45, 7) is 0.487. The maximum Gasteiger partial charge on any atom is 0.247 e. The predicted octanol–water partition coefficient (Wildman–Crippen LogP) is 3.55. The van der Waals surface area contributed by atoms with Gasteiger partial charge >= 0.3 is 0 Å². The summed E-state index contributed by atoms with van der Waals surface area (Å²) < 4.78 is 6.94. The molecule has 5 rings (SSSR count). The average Bonchev–Trinajstić information content (AvgIpc) is 3.61. The third kappa shape index (κ3) is 5.72. The van der Waals surface area contributed by atoms with Gasteiger partial charge in [0, 0.05) is 18.9 Å². The van der Waals surface area contributed by atoms with Crippen LogP contribution in [-0.2, 0) is 29.1 Å². The van der Waals surface area contributed by atoms with Gasteiger partial charge in [0.25, 0.3) is 0 Å². The second kappa shape index (κ2) is 11.3. The zero-order chi connectivity index (χ0) is 25.5. The number of aromatic nitrogens is 4. The summed E-state index contributed by atoms with van der Waals surface area (Å²) in [6.07, 6.45) is 5.37. The van der Waals surface area contributed by atoms with Crippen LogP contribution >= 0.6 is 0 Å². The molecule has 0 aliphatic rings. The maximum atomic E-state index is 13.9. The summed E-state index contributed by atoms with van der Waals surface area (Å²) in [5.41, 5.74) is 3.18. The minimum absolute atomic E-state index is 0.0532. The Morgan fingerprint density at radius 1 is 0.946 bits per heavy atom. The third-order valence-corrected chi connectivity index (χ3v) is 6.11. The average molecular weight is 495 g/mol. The molecule has 3 aromatic heterocycles. The molecule has 0 saturated heterocycles. The van der Waals surface area contributed by atoms with Crippen molar-refractivity contribution < 1.29 is 14.0 Å². The van der Waals surface area contributed by atoms with E-state index in [1.54, 1.807) is 52.5 Å². The molecule has 2 amide bonds. The Kier molecular flexibility index (Phi) is 7.31. The van der Waals surface area contributed by atoms with E-state index in [4.69, 9.17) is 4.42 Å². The van der Waals surface area contributed by atoms with Gasteiger partial charge in [-0.25, -0.2) is 4.68 Å². The summed E-state index contributed by atoms with van der Waals surface area (Å²) in [5, 5.41) is 11.3. The molecular formula is C28H26N6O3. The number of amides is 2. The van der Waals surface area contributed by atoms with E-state index in [9.17, 15) is 9.59 Å². The van der Waals surface area contributed by atoms with Crippen molar-refractivity contribution >= 4 is 22.8 Å². The first-order valence-electron chi connectivity index (χ1n) is 12.0. The highest BCUT2D eigenvalue weighted by Crippen LogP contribution is 2.23. The fourth-order valence-corrected chi connectivity index (χ4v) is 4.25. The number of hydrogen-bond donors (Lipinski definition) is 1. The molecule has 1 atom stereocenters. The van der Waals surface area contributed by atoms with Gasteiger partial charge in [0.2, 0.25) is 11.8 Å². The molecule has 1 N–H and O–H groups in total. The summed E-state index contributed by atoms with van der Waals surface area (Å²) in [5.74, 6) is 0.0621. The Hall–Kier alpha value is -4.79. The molecule has 2 aromatic carbocycles. The first-order valence-corrected chi connectivity index (χ1v) is 12.0. The Morgan fingerprint density at radius 2 is 1.73 bits per heavy atom. The zero-order valence-corrected chi connectivity index (χ0v) is 20.1. The lowest BCUT2D eigenvalue weighted by molar-refractivity contribution is -0.141. The number of pyridine rings is 1. The number of para-hydroxylation sites is 1. The van der Waals surface area contributed by atoms with E-state index in [0.717, 1.165) is 11.1 Å². The highest BCUT2D eigenvalue weighted by atomic mass is 16.3. The van der Waals surface area contributed by atoms with Crippen LogP contribution in [0.5, 0.6) is 0 Å². The van der Waals surface area contributed by atoms with Crippen molar-refractivity contribution in [1.29, 1.82) is 0 Å². The van der Waals surface area contributed by atoms with Gasteiger partial charge < -0.3 is 14.6 Å². The molecule has 5 aromatic rings. The summed E-state index contributed by atoms with van der Waals surface area (Å²) >= 11 is 0. The first-order chi connectivity index (χ1) is 18.2. The molecule has 9 heteroatoms. The molecule has 3 heterocycles. The van der Waals surface area contributed by atoms with Crippen LogP contribution in [0.2, 0.25) is 0 Å². The molecule has 0 spiro atoms. The van der Waals surface area contributed by atoms with Gasteiger partial charge in [0.05, 0.1) is 18.3 Å². The van der Waals surface area contributed by atoms with Crippen LogP contribution in [0, 0.1) is 0 Å². The van der Waals surface area contributed by atoms with E-state index in [1.807, 2.05) is 54.6 Å². The molecular weight excluding hydrogens is 468 g/mol. The monoisotopic (exact) mass is 494 g/mol. The van der Waals surface area contributed by atoms with E-state index < -0.39 is 6.04 Å². The largest absolute Gasteiger partial charge is 0.467 e. The van der Waals surface area contributed by atoms with Crippen molar-refractivity contribution in [2.24, 2.45) is 0 Å². The summed E-state index contributed by atoms with van der Waals surface area (Å²) in [6, 6.07) is 23.5. The van der Waals surface area contributed by atoms with Crippen LogP contribution in [0.15, 0.2) is 102 Å². The molecule has 37 heavy (non-hydrogen) atoms. The van der Waals surface area contributed by atoms with E-state index >= 15 is 0 Å². The molecule has 0 fully saturated rings. The van der Waals surface area contributed by atoms with Crippen LogP contribution < -0.4 is 5.32 Å². The zero-order valence-electron chi connectivity index (χ0n) is 20.1. The minimum atomic E-state index is -0.871. The summed E-state index contributed by atoms with van der Waals surface area (Å²) in [4.78, 5) is 33.2. The molecule has 0 aliphatic carbocycles. The van der Waals surface area contributed by atoms with Gasteiger partial charge in [-0.3, -0.25) is 14.6 Å². The lowest BCUT2D eigenvalue weighted by atomic mass is 10.0. The molecule has 186 valence electrons. The topological polar surface area (TPSA) is 106 Å². The first kappa shape index (κ1) is 23.9. The van der Waals surface area contributed by atoms with Crippen molar-refractivity contribution in [2.45, 2.75) is 25.6 Å². The number of rotatable bonds is 10. The Balaban J connectivity index is 1.46. The number of furan rings is 1. The molecule has 0 aliphatic heterocycles. The SMILES string of the molecule is O=C(NCc1ccco1)[C@@H](c1ccncc1)N(CCc1ccccc1)C(=O)Cn1nnc2ccccc21. The van der Waals surface area contributed by atoms with Gasteiger partial charge in [0.15, 0.2) is 0 Å². The van der Waals surface area contributed by atoms with Crippen LogP contribution in [0.4, 0.5) is 0 Å². The van der Waals surface area contributed by atoms with Crippen LogP contribution in [0.1, 0.15) is 22.9 Å². The summed E-state index contributed by atoms with van der Waals surface area (Å²) in [7, 11) is 0. The molecule has 0 saturated carbocycles. The molecule has 0 bridgehead atoms. The lowest BCUT2D eigenvalue weighted by Crippen LogP contribution is -2.45. The molecule has 0 unspecified atom stereocenters. The Labute approximate surface area is 213 Å². The third-order valence-electron chi connectivity index (χ3n) is 6.11. The highest BCUT2D eigenvalue weighted by molar-refractivity contribution is 5.89. The van der Waals surface area contributed by atoms with Crippen LogP contribution in [-0.4, -0.2) is 43.2 Å². The van der Waals surface area contributed by atoms with E-state index in [2.05, 4.69) is 20.6 Å².